The van der Waals surface area contributed by atoms with E-state index in [2.05, 4.69) is 10.3 Å². The van der Waals surface area contributed by atoms with Crippen molar-refractivity contribution in [3.8, 4) is 17.1 Å². The van der Waals surface area contributed by atoms with Gasteiger partial charge in [-0.05, 0) is 23.8 Å². The molecule has 1 fully saturated rings. The quantitative estimate of drug-likeness (QED) is 0.516. The monoisotopic (exact) mass is 492 g/mol. The molecule has 0 aliphatic carbocycles. The Morgan fingerprint density at radius 1 is 1.14 bits per heavy atom. The molecule has 7 nitrogen and oxygen atoms in total. The van der Waals surface area contributed by atoms with Crippen molar-refractivity contribution in [2.24, 2.45) is 0 Å². The second kappa shape index (κ2) is 9.85. The number of nitrogens with zero attached hydrogens (tertiary/aromatic N) is 3. The van der Waals surface area contributed by atoms with E-state index in [0.29, 0.717) is 60.4 Å². The molecule has 35 heavy (non-hydrogen) atoms. The van der Waals surface area contributed by atoms with Gasteiger partial charge in [-0.15, -0.1) is 0 Å². The Kier molecular flexibility index (Phi) is 6.86. The van der Waals surface area contributed by atoms with Crippen LogP contribution in [0.5, 0.6) is 5.75 Å². The average Bonchev–Trinajstić information content (AvgIpc) is 3.28. The molecule has 0 unspecified atom stereocenters. The van der Waals surface area contributed by atoms with Gasteiger partial charge in [-0.2, -0.15) is 13.2 Å². The largest absolute Gasteiger partial charge is 0.496 e. The van der Waals surface area contributed by atoms with E-state index in [-0.39, 0.29) is 12.6 Å². The first-order chi connectivity index (χ1) is 16.7. The van der Waals surface area contributed by atoms with Crippen LogP contribution < -0.4 is 15.0 Å². The lowest BCUT2D eigenvalue weighted by molar-refractivity contribution is -0.137. The third kappa shape index (κ3) is 5.50. The molecule has 1 aliphatic heterocycles. The summed E-state index contributed by atoms with van der Waals surface area (Å²) in [6.45, 7) is 3.29. The topological polar surface area (TPSA) is 70.8 Å². The summed E-state index contributed by atoms with van der Waals surface area (Å²) in [6.07, 6.45) is -2.89. The number of piperazine rings is 1. The molecule has 186 valence electrons. The van der Waals surface area contributed by atoms with Crippen LogP contribution in [-0.2, 0) is 12.7 Å². The Hall–Kier alpha value is -3.76. The van der Waals surface area contributed by atoms with Crippen molar-refractivity contribution in [3.05, 3.63) is 65.4 Å². The summed E-state index contributed by atoms with van der Waals surface area (Å²) in [6, 6.07) is 7.25. The van der Waals surface area contributed by atoms with Crippen molar-refractivity contribution >= 4 is 11.7 Å². The number of hydrogen-bond acceptors (Lipinski definition) is 5. The zero-order chi connectivity index (χ0) is 25.2. The normalized spacial score (nSPS) is 14.2. The number of aryl methyl sites for hydroxylation is 1. The molecule has 1 aliphatic rings. The number of alkyl halides is 3. The molecule has 3 aromatic rings. The van der Waals surface area contributed by atoms with Gasteiger partial charge < -0.3 is 24.3 Å². The Balaban J connectivity index is 1.35. The number of methoxy groups -OCH3 is 1. The number of benzene rings is 2. The van der Waals surface area contributed by atoms with Crippen LogP contribution in [0, 0.1) is 12.7 Å². The van der Waals surface area contributed by atoms with Gasteiger partial charge in [-0.25, -0.2) is 14.2 Å². The van der Waals surface area contributed by atoms with Crippen LogP contribution in [0.15, 0.2) is 47.0 Å². The molecule has 0 bridgehead atoms. The molecule has 11 heteroatoms. The highest BCUT2D eigenvalue weighted by atomic mass is 19.4. The lowest BCUT2D eigenvalue weighted by Crippen LogP contribution is -2.51. The van der Waals surface area contributed by atoms with Gasteiger partial charge in [-0.3, -0.25) is 0 Å². The first-order valence-electron chi connectivity index (χ1n) is 10.9. The number of carbonyl (C=O) groups is 1. The fourth-order valence-electron chi connectivity index (χ4n) is 3.88. The van der Waals surface area contributed by atoms with E-state index in [4.69, 9.17) is 9.15 Å². The number of ether oxygens (including phenoxy) is 1. The molecule has 0 radical (unpaired) electrons. The van der Waals surface area contributed by atoms with E-state index in [0.717, 1.165) is 12.1 Å². The molecule has 4 rings (SSSR count). The fourth-order valence-corrected chi connectivity index (χ4v) is 3.88. The Bertz CT molecular complexity index is 1190. The predicted octanol–water partition coefficient (Wildman–Crippen LogP) is 4.85. The van der Waals surface area contributed by atoms with Crippen LogP contribution in [0.1, 0.15) is 17.0 Å². The van der Waals surface area contributed by atoms with Crippen molar-refractivity contribution in [2.45, 2.75) is 19.6 Å². The molecule has 0 atom stereocenters. The van der Waals surface area contributed by atoms with Gasteiger partial charge in [0.15, 0.2) is 11.7 Å². The van der Waals surface area contributed by atoms with Gasteiger partial charge in [0.2, 0.25) is 0 Å². The molecule has 2 heterocycles. The summed E-state index contributed by atoms with van der Waals surface area (Å²) in [5, 5.41) is 2.72. The molecule has 2 amide bonds. The first-order valence-corrected chi connectivity index (χ1v) is 10.9. The van der Waals surface area contributed by atoms with E-state index in [1.165, 1.54) is 31.5 Å². The molecule has 0 saturated carbocycles. The molecule has 1 N–H and O–H groups in total. The Morgan fingerprint density at radius 3 is 2.40 bits per heavy atom. The Labute approximate surface area is 199 Å². The number of rotatable bonds is 5. The SMILES string of the molecule is COc1cc(N2CCN(C(=O)NCc3ccc(C(F)(F)F)cc3)CC2)c(F)cc1-c1cnc(C)o1. The van der Waals surface area contributed by atoms with E-state index in [1.54, 1.807) is 17.9 Å². The van der Waals surface area contributed by atoms with E-state index in [1.807, 2.05) is 4.90 Å². The molecule has 2 aromatic carbocycles. The van der Waals surface area contributed by atoms with Crippen molar-refractivity contribution < 1.29 is 31.5 Å². The highest BCUT2D eigenvalue weighted by Crippen LogP contribution is 2.36. The summed E-state index contributed by atoms with van der Waals surface area (Å²) in [4.78, 5) is 20.0. The lowest BCUT2D eigenvalue weighted by atomic mass is 10.1. The first kappa shape index (κ1) is 24.4. The maximum atomic E-state index is 15.0. The van der Waals surface area contributed by atoms with Crippen LogP contribution in [0.3, 0.4) is 0 Å². The third-order valence-electron chi connectivity index (χ3n) is 5.79. The molecule has 0 spiro atoms. The number of hydrogen-bond donors (Lipinski definition) is 1. The smallest absolute Gasteiger partial charge is 0.416 e. The van der Waals surface area contributed by atoms with Gasteiger partial charge in [-0.1, -0.05) is 12.1 Å². The highest BCUT2D eigenvalue weighted by molar-refractivity contribution is 5.75. The second-order valence-corrected chi connectivity index (χ2v) is 8.07. The summed E-state index contributed by atoms with van der Waals surface area (Å²) in [7, 11) is 1.49. The van der Waals surface area contributed by atoms with Gasteiger partial charge in [0.05, 0.1) is 30.1 Å². The number of amides is 2. The van der Waals surface area contributed by atoms with E-state index < -0.39 is 17.6 Å². The minimum absolute atomic E-state index is 0.103. The number of halogens is 4. The number of carbonyl (C=O) groups excluding carboxylic acids is 1. The minimum atomic E-state index is -4.40. The van der Waals surface area contributed by atoms with Gasteiger partial charge >= 0.3 is 12.2 Å². The predicted molar refractivity (Wildman–Crippen MR) is 121 cm³/mol. The third-order valence-corrected chi connectivity index (χ3v) is 5.79. The lowest BCUT2D eigenvalue weighted by Gasteiger charge is -2.36. The van der Waals surface area contributed by atoms with Crippen molar-refractivity contribution in [1.82, 2.24) is 15.2 Å². The Morgan fingerprint density at radius 2 is 1.83 bits per heavy atom. The van der Waals surface area contributed by atoms with Crippen LogP contribution >= 0.6 is 0 Å². The second-order valence-electron chi connectivity index (χ2n) is 8.07. The average molecular weight is 492 g/mol. The number of urea groups is 1. The van der Waals surface area contributed by atoms with E-state index >= 15 is 0 Å². The van der Waals surface area contributed by atoms with Gasteiger partial charge in [0.25, 0.3) is 0 Å². The van der Waals surface area contributed by atoms with Crippen LogP contribution in [0.25, 0.3) is 11.3 Å². The van der Waals surface area contributed by atoms with E-state index in [9.17, 15) is 22.4 Å². The number of aromatic nitrogens is 1. The van der Waals surface area contributed by atoms with Gasteiger partial charge in [0.1, 0.15) is 11.6 Å². The summed E-state index contributed by atoms with van der Waals surface area (Å²) < 4.78 is 64.0. The number of anilines is 1. The summed E-state index contributed by atoms with van der Waals surface area (Å²) in [5.41, 5.74) is 0.625. The molecular formula is C24H24F4N4O3. The summed E-state index contributed by atoms with van der Waals surface area (Å²) in [5.74, 6) is 0.850. The summed E-state index contributed by atoms with van der Waals surface area (Å²) >= 11 is 0. The van der Waals surface area contributed by atoms with Crippen molar-refractivity contribution in [2.75, 3.05) is 38.2 Å². The van der Waals surface area contributed by atoms with Gasteiger partial charge in [0, 0.05) is 45.7 Å². The van der Waals surface area contributed by atoms with Crippen LogP contribution in [-0.4, -0.2) is 49.2 Å². The molecule has 1 saturated heterocycles. The zero-order valence-corrected chi connectivity index (χ0v) is 19.2. The number of oxazole rings is 1. The molecule has 1 aromatic heterocycles. The van der Waals surface area contributed by atoms with Crippen molar-refractivity contribution in [3.63, 3.8) is 0 Å². The molecular weight excluding hydrogens is 468 g/mol. The maximum absolute atomic E-state index is 15.0. The minimum Gasteiger partial charge on any atom is -0.496 e. The van der Waals surface area contributed by atoms with Crippen LogP contribution in [0.4, 0.5) is 28.0 Å². The standard InChI is InChI=1S/C24H24F4N4O3/c1-15-29-14-22(35-15)18-11-19(25)20(12-21(18)34-2)31-7-9-32(10-8-31)23(33)30-13-16-3-5-17(6-4-16)24(26,27)28/h3-6,11-12,14H,7-10,13H2,1-2H3,(H,30,33). The van der Waals surface area contributed by atoms with Crippen molar-refractivity contribution in [1.29, 1.82) is 0 Å². The number of nitrogens with one attached hydrogen (secondary N) is 1. The maximum Gasteiger partial charge on any atom is 0.416 e. The van der Waals surface area contributed by atoms with Crippen LogP contribution in [0.2, 0.25) is 0 Å². The fraction of sp³-hybridized carbons (Fsp3) is 0.333. The zero-order valence-electron chi connectivity index (χ0n) is 19.2. The highest BCUT2D eigenvalue weighted by Gasteiger charge is 2.30.